The first-order chi connectivity index (χ1) is 12.6. The number of carboxylic acids is 1. The Morgan fingerprint density at radius 1 is 1.15 bits per heavy atom. The van der Waals surface area contributed by atoms with Crippen molar-refractivity contribution in [2.45, 2.75) is 24.8 Å². The summed E-state index contributed by atoms with van der Waals surface area (Å²) in [5.74, 6) is -0.275. The summed E-state index contributed by atoms with van der Waals surface area (Å²) in [6.45, 7) is 0.853. The van der Waals surface area contributed by atoms with E-state index >= 15 is 0 Å². The number of aliphatic carboxylic acids is 1. The highest BCUT2D eigenvalue weighted by Crippen LogP contribution is 2.25. The molecule has 1 saturated heterocycles. The van der Waals surface area contributed by atoms with Gasteiger partial charge in [0.25, 0.3) is 5.91 Å². The molecule has 26 heavy (non-hydrogen) atoms. The number of para-hydroxylation sites is 1. The van der Waals surface area contributed by atoms with Gasteiger partial charge in [0.05, 0.1) is 17.5 Å². The largest absolute Gasteiger partial charge is 0.481 e. The van der Waals surface area contributed by atoms with Gasteiger partial charge >= 0.3 is 5.97 Å². The highest BCUT2D eigenvalue weighted by Gasteiger charge is 2.36. The Hall–Kier alpha value is -2.93. The van der Waals surface area contributed by atoms with Crippen LogP contribution >= 0.6 is 0 Å². The van der Waals surface area contributed by atoms with Crippen molar-refractivity contribution in [3.8, 4) is 11.6 Å². The molecule has 136 valence electrons. The van der Waals surface area contributed by atoms with Crippen LogP contribution in [0.2, 0.25) is 0 Å². The van der Waals surface area contributed by atoms with Crippen molar-refractivity contribution in [2.75, 3.05) is 13.2 Å². The number of carbonyl (C=O) groups excluding carboxylic acids is 1. The minimum atomic E-state index is -0.947. The van der Waals surface area contributed by atoms with Crippen LogP contribution < -0.4 is 10.1 Å². The van der Waals surface area contributed by atoms with Crippen LogP contribution in [0.1, 0.15) is 29.6 Å². The maximum atomic E-state index is 12.5. The van der Waals surface area contributed by atoms with Gasteiger partial charge in [-0.3, -0.25) is 9.59 Å². The summed E-state index contributed by atoms with van der Waals surface area (Å²) < 4.78 is 10.9. The van der Waals surface area contributed by atoms with Crippen molar-refractivity contribution in [2.24, 2.45) is 0 Å². The fourth-order valence-corrected chi connectivity index (χ4v) is 2.89. The van der Waals surface area contributed by atoms with Gasteiger partial charge < -0.3 is 19.9 Å². The first-order valence-electron chi connectivity index (χ1n) is 8.37. The van der Waals surface area contributed by atoms with E-state index in [2.05, 4.69) is 10.3 Å². The molecular weight excluding hydrogens is 336 g/mol. The molecular formula is C19H20N2O5. The fraction of sp³-hybridized carbons (Fsp3) is 0.316. The molecule has 3 rings (SSSR count). The molecule has 2 N–H and O–H groups in total. The predicted octanol–water partition coefficient (Wildman–Crippen LogP) is 2.63. The van der Waals surface area contributed by atoms with E-state index in [0.29, 0.717) is 43.2 Å². The third kappa shape index (κ3) is 4.58. The van der Waals surface area contributed by atoms with Crippen LogP contribution in [0.15, 0.2) is 48.7 Å². The first kappa shape index (κ1) is 17.9. The number of rotatable bonds is 6. The number of amides is 1. The number of carbonyl (C=O) groups is 2. The zero-order valence-electron chi connectivity index (χ0n) is 14.2. The second-order valence-electron chi connectivity index (χ2n) is 6.22. The second-order valence-corrected chi connectivity index (χ2v) is 6.22. The van der Waals surface area contributed by atoms with Gasteiger partial charge in [0.1, 0.15) is 5.75 Å². The van der Waals surface area contributed by atoms with Gasteiger partial charge in [-0.2, -0.15) is 0 Å². The van der Waals surface area contributed by atoms with Gasteiger partial charge in [-0.1, -0.05) is 18.2 Å². The van der Waals surface area contributed by atoms with Crippen LogP contribution in [0.4, 0.5) is 0 Å². The van der Waals surface area contributed by atoms with Gasteiger partial charge in [0.15, 0.2) is 0 Å². The lowest BCUT2D eigenvalue weighted by Gasteiger charge is -2.36. The molecule has 1 aliphatic heterocycles. The van der Waals surface area contributed by atoms with E-state index < -0.39 is 11.5 Å². The van der Waals surface area contributed by atoms with Crippen molar-refractivity contribution < 1.29 is 24.2 Å². The molecule has 0 aliphatic carbocycles. The minimum Gasteiger partial charge on any atom is -0.481 e. The Morgan fingerprint density at radius 2 is 1.88 bits per heavy atom. The number of aromatic nitrogens is 1. The SMILES string of the molecule is O=C(O)CC1(NC(=O)c2ccc(Oc3ccccc3)nc2)CCOCC1. The van der Waals surface area contributed by atoms with Gasteiger partial charge in [0, 0.05) is 25.5 Å². The maximum Gasteiger partial charge on any atom is 0.305 e. The summed E-state index contributed by atoms with van der Waals surface area (Å²) in [4.78, 5) is 27.9. The summed E-state index contributed by atoms with van der Waals surface area (Å²) >= 11 is 0. The molecule has 1 aromatic carbocycles. The molecule has 0 spiro atoms. The summed E-state index contributed by atoms with van der Waals surface area (Å²) in [6, 6.07) is 12.4. The summed E-state index contributed by atoms with van der Waals surface area (Å²) in [6.07, 6.45) is 2.22. The number of ether oxygens (including phenoxy) is 2. The number of nitrogens with zero attached hydrogens (tertiary/aromatic N) is 1. The summed E-state index contributed by atoms with van der Waals surface area (Å²) in [7, 11) is 0. The normalized spacial score (nSPS) is 15.8. The molecule has 1 amide bonds. The monoisotopic (exact) mass is 356 g/mol. The minimum absolute atomic E-state index is 0.134. The number of carboxylic acid groups (broad SMARTS) is 1. The quantitative estimate of drug-likeness (QED) is 0.826. The number of hydrogen-bond acceptors (Lipinski definition) is 5. The van der Waals surface area contributed by atoms with E-state index in [4.69, 9.17) is 14.6 Å². The fourth-order valence-electron chi connectivity index (χ4n) is 2.89. The average Bonchev–Trinajstić information content (AvgIpc) is 2.63. The van der Waals surface area contributed by atoms with Crippen molar-refractivity contribution in [1.82, 2.24) is 10.3 Å². The van der Waals surface area contributed by atoms with Crippen molar-refractivity contribution in [3.63, 3.8) is 0 Å². The van der Waals surface area contributed by atoms with Crippen LogP contribution in [0.3, 0.4) is 0 Å². The van der Waals surface area contributed by atoms with Crippen LogP contribution in [-0.4, -0.2) is 40.7 Å². The Balaban J connectivity index is 1.67. The number of nitrogens with one attached hydrogen (secondary N) is 1. The molecule has 2 aromatic rings. The van der Waals surface area contributed by atoms with Crippen molar-refractivity contribution in [3.05, 3.63) is 54.2 Å². The van der Waals surface area contributed by atoms with Gasteiger partial charge in [-0.15, -0.1) is 0 Å². The van der Waals surface area contributed by atoms with Crippen molar-refractivity contribution >= 4 is 11.9 Å². The van der Waals surface area contributed by atoms with E-state index in [9.17, 15) is 9.59 Å². The third-order valence-electron chi connectivity index (χ3n) is 4.28. The number of pyridine rings is 1. The van der Waals surface area contributed by atoms with E-state index in [1.165, 1.54) is 6.20 Å². The summed E-state index contributed by atoms with van der Waals surface area (Å²) in [5, 5.41) is 12.0. The molecule has 0 saturated carbocycles. The maximum absolute atomic E-state index is 12.5. The topological polar surface area (TPSA) is 97.8 Å². The predicted molar refractivity (Wildman–Crippen MR) is 93.3 cm³/mol. The van der Waals surface area contributed by atoms with Crippen LogP contribution in [0.25, 0.3) is 0 Å². The van der Waals surface area contributed by atoms with E-state index in [1.807, 2.05) is 30.3 Å². The Morgan fingerprint density at radius 3 is 2.50 bits per heavy atom. The Kier molecular flexibility index (Phi) is 5.48. The van der Waals surface area contributed by atoms with Crippen molar-refractivity contribution in [1.29, 1.82) is 0 Å². The molecule has 0 atom stereocenters. The lowest BCUT2D eigenvalue weighted by Crippen LogP contribution is -2.53. The number of benzene rings is 1. The lowest BCUT2D eigenvalue weighted by molar-refractivity contribution is -0.139. The first-order valence-corrected chi connectivity index (χ1v) is 8.37. The summed E-state index contributed by atoms with van der Waals surface area (Å²) in [5.41, 5.74) is -0.443. The van der Waals surface area contributed by atoms with E-state index in [0.717, 1.165) is 0 Å². The van der Waals surface area contributed by atoms with Gasteiger partial charge in [-0.05, 0) is 31.0 Å². The Bertz CT molecular complexity index is 755. The van der Waals surface area contributed by atoms with Crippen LogP contribution in [0, 0.1) is 0 Å². The highest BCUT2D eigenvalue weighted by molar-refractivity contribution is 5.94. The highest BCUT2D eigenvalue weighted by atomic mass is 16.5. The average molecular weight is 356 g/mol. The molecule has 1 fully saturated rings. The second kappa shape index (κ2) is 7.97. The van der Waals surface area contributed by atoms with Crippen LogP contribution in [0.5, 0.6) is 11.6 Å². The lowest BCUT2D eigenvalue weighted by atomic mass is 9.86. The molecule has 2 heterocycles. The van der Waals surface area contributed by atoms with E-state index in [1.54, 1.807) is 12.1 Å². The zero-order valence-corrected chi connectivity index (χ0v) is 14.2. The Labute approximate surface area is 151 Å². The molecule has 0 bridgehead atoms. The third-order valence-corrected chi connectivity index (χ3v) is 4.28. The molecule has 7 nitrogen and oxygen atoms in total. The van der Waals surface area contributed by atoms with Gasteiger partial charge in [0.2, 0.25) is 5.88 Å². The number of hydrogen-bond donors (Lipinski definition) is 2. The molecule has 0 radical (unpaired) electrons. The molecule has 1 aliphatic rings. The van der Waals surface area contributed by atoms with Crippen LogP contribution in [-0.2, 0) is 9.53 Å². The van der Waals surface area contributed by atoms with Gasteiger partial charge in [-0.25, -0.2) is 4.98 Å². The smallest absolute Gasteiger partial charge is 0.305 e. The zero-order chi connectivity index (χ0) is 18.4. The van der Waals surface area contributed by atoms with E-state index in [-0.39, 0.29) is 12.3 Å². The molecule has 0 unspecified atom stereocenters. The molecule has 7 heteroatoms. The standard InChI is InChI=1S/C19H20N2O5/c22-17(23)12-19(8-10-25-11-9-19)21-18(24)14-6-7-16(20-13-14)26-15-4-2-1-3-5-15/h1-7,13H,8-12H2,(H,21,24)(H,22,23). The molecule has 1 aromatic heterocycles.